The molecule has 0 aromatic rings. The molecule has 9 N–H and O–H groups in total. The highest BCUT2D eigenvalue weighted by molar-refractivity contribution is 5.86. The number of hydroxylamine groups is 8. The van der Waals surface area contributed by atoms with Crippen molar-refractivity contribution < 1.29 is 96.1 Å². The highest BCUT2D eigenvalue weighted by atomic mass is 16.8. The zero-order valence-electron chi connectivity index (χ0n) is 69.3. The highest BCUT2D eigenvalue weighted by Gasteiger charge is 2.35. The molecular weight excluding hydrogens is 1530 g/mol. The molecule has 116 heavy (non-hydrogen) atoms. The van der Waals surface area contributed by atoms with Crippen molar-refractivity contribution in [3.05, 3.63) is 49.1 Å². The van der Waals surface area contributed by atoms with Gasteiger partial charge < -0.3 is 67.2 Å². The van der Waals surface area contributed by atoms with E-state index in [-0.39, 0.29) is 188 Å². The normalized spacial score (nSPS) is 22.4. The molecule has 8 unspecified atom stereocenters. The molecule has 648 valence electrons. The van der Waals surface area contributed by atoms with Crippen molar-refractivity contribution in [2.75, 3.05) is 78.7 Å². The zero-order valence-corrected chi connectivity index (χ0v) is 69.3. The minimum atomic E-state index is -0.639. The van der Waals surface area contributed by atoms with Crippen LogP contribution in [-0.2, 0) is 91.3 Å². The first-order chi connectivity index (χ1) is 55.1. The summed E-state index contributed by atoms with van der Waals surface area (Å²) in [6.07, 6.45) is 16.7. The van der Waals surface area contributed by atoms with Crippen molar-refractivity contribution in [1.29, 1.82) is 0 Å². The topological polar surface area (TPSA) is 444 Å². The largest absolute Gasteiger partial charge is 0.355 e. The molecule has 37 heteroatoms. The molecule has 8 fully saturated rings. The number of nitrogens with zero attached hydrogens (tertiary/aromatic N) is 8. The Labute approximate surface area is 680 Å². The highest BCUT2D eigenvalue weighted by Crippen LogP contribution is 2.28. The van der Waals surface area contributed by atoms with Crippen molar-refractivity contribution in [3.8, 4) is 0 Å². The molecule has 0 aromatic carbocycles. The molecule has 0 aliphatic carbocycles. The second-order valence-corrected chi connectivity index (χ2v) is 30.6. The Morgan fingerprint density at radius 2 is 0.474 bits per heavy atom. The van der Waals surface area contributed by atoms with E-state index in [0.29, 0.717) is 123 Å². The fraction of sp³-hybridized carbons (Fsp3) is 0.696. The van der Waals surface area contributed by atoms with Crippen LogP contribution in [0.5, 0.6) is 0 Å². The molecule has 37 nitrogen and oxygen atoms in total. The third-order valence-electron chi connectivity index (χ3n) is 21.3. The van der Waals surface area contributed by atoms with Crippen LogP contribution in [0.3, 0.4) is 0 Å². The SMILES string of the molecule is C=C1CCC(=O)N1OC(=O)CC[15NH]C(=O)[13CH2][13CH2][15NH]C(=O)C[15N]1C(C)CCCC1C.C=C1CCC(=O)N1OC(=O)CC[15NH]C(=O)[15NH][13CH2][15NH][13C](=O)CN1C(C)CCCC1C.C=C1CCC(=O)N1OC(=O)CC[15NH][13C](=O)[13CH2][13CH2]N[13C](=O)CN1C(C)CCCC1C.C=C1CCC(=O)N1O[13C](=O)CCN[13C](=O)[13CH2][13CH2]N[13C](=O)CN1C(C)CCCC1C. The zero-order chi connectivity index (χ0) is 85.6. The van der Waals surface area contributed by atoms with E-state index < -0.39 is 29.9 Å². The van der Waals surface area contributed by atoms with Gasteiger partial charge in [0.25, 0.3) is 23.6 Å². The number of carbonyl (C=O) groups excluding carboxylic acids is 16. The molecular formula is C79H127N17O20. The summed E-state index contributed by atoms with van der Waals surface area (Å²) in [5.74, 6) is -4.86. The van der Waals surface area contributed by atoms with Crippen molar-refractivity contribution in [2.24, 2.45) is 0 Å². The lowest BCUT2D eigenvalue weighted by Gasteiger charge is -2.38. The monoisotopic (exact) mass is 1650 g/mol. The Kier molecular flexibility index (Phi) is 42.2. The standard InChI is InChI=1S/3C20H32N4O5.C19H31N5O5/c3*1-14-5-4-6-15(2)23(14)13-18(26)22-11-9-17(25)21-12-10-20(28)29-24-16(3)7-8-19(24)27;1-13-5-4-6-14(2)23(13)11-16(25)21-12-22-19(28)20-10-9-18(27)29-24-15(3)7-8-17(24)26/h3*14-15H,3-13H2,1-2H3,(H,21,25)(H,22,26);13-14H,3-12H2,1-2H3,(H,21,25)(H2,20,22,28)/i9+1,11+1,21+1,22+1,23+1;9+1,11+1,17+1,18+1,21+1;9+1,11+1,17+1,18+1,20+1;12+1,16+1,20+1,21+1,22+1. The summed E-state index contributed by atoms with van der Waals surface area (Å²) in [7, 11) is 0. The van der Waals surface area contributed by atoms with E-state index >= 15 is 0 Å². The fourth-order valence-corrected chi connectivity index (χ4v) is 14.3. The molecule has 0 bridgehead atoms. The van der Waals surface area contributed by atoms with Crippen molar-refractivity contribution in [1.82, 2.24) is 87.7 Å². The molecule has 8 rings (SSSR count). The summed E-state index contributed by atoms with van der Waals surface area (Å²) >= 11 is 0. The van der Waals surface area contributed by atoms with Crippen LogP contribution < -0.4 is 47.9 Å². The van der Waals surface area contributed by atoms with Crippen LogP contribution in [0.2, 0.25) is 0 Å². The number of urea groups is 1. The van der Waals surface area contributed by atoms with E-state index in [1.54, 1.807) is 0 Å². The first-order valence-electron chi connectivity index (χ1n) is 40.9. The fourth-order valence-electron chi connectivity index (χ4n) is 14.3. The molecule has 0 radical (unpaired) electrons. The van der Waals surface area contributed by atoms with E-state index in [9.17, 15) is 76.7 Å². The van der Waals surface area contributed by atoms with Crippen molar-refractivity contribution in [3.63, 3.8) is 0 Å². The van der Waals surface area contributed by atoms with Crippen molar-refractivity contribution >= 4 is 94.9 Å². The number of nitrogens with one attached hydrogen (secondary N) is 9. The van der Waals surface area contributed by atoms with E-state index in [1.165, 1.54) is 25.7 Å². The van der Waals surface area contributed by atoms with Gasteiger partial charge in [-0.3, -0.25) is 72.3 Å². The number of carbonyl (C=O) groups is 16. The Bertz CT molecular complexity index is 2940. The van der Waals surface area contributed by atoms with Gasteiger partial charge in [0.1, 0.15) is 0 Å². The third-order valence-corrected chi connectivity index (χ3v) is 21.3. The number of hydrogen-bond donors (Lipinski definition) is 9. The molecule has 8 heterocycles. The lowest BCUT2D eigenvalue weighted by atomic mass is 9.98. The summed E-state index contributed by atoms with van der Waals surface area (Å²) in [5.41, 5.74) is 1.81. The van der Waals surface area contributed by atoms with Crippen LogP contribution in [0.15, 0.2) is 49.1 Å². The lowest BCUT2D eigenvalue weighted by Crippen LogP contribution is -2.50. The van der Waals surface area contributed by atoms with Crippen LogP contribution in [0.1, 0.15) is 229 Å². The van der Waals surface area contributed by atoms with Crippen LogP contribution in [0.25, 0.3) is 0 Å². The second-order valence-electron chi connectivity index (χ2n) is 30.6. The third kappa shape index (κ3) is 34.9. The van der Waals surface area contributed by atoms with Crippen LogP contribution in [0, 0.1) is 0 Å². The van der Waals surface area contributed by atoms with Gasteiger partial charge in [-0.25, -0.2) is 24.0 Å². The smallest absolute Gasteiger partial charge is 0.334 e. The van der Waals surface area contributed by atoms with Crippen LogP contribution >= 0.6 is 0 Å². The van der Waals surface area contributed by atoms with E-state index in [1.807, 2.05) is 0 Å². The van der Waals surface area contributed by atoms with Crippen molar-refractivity contribution in [2.45, 2.75) is 277 Å². The summed E-state index contributed by atoms with van der Waals surface area (Å²) < 4.78 is 0. The van der Waals surface area contributed by atoms with Gasteiger partial charge in [-0.1, -0.05) is 52.0 Å². The number of allylic oxidation sites excluding steroid dienone is 4. The minimum Gasteiger partial charge on any atom is -0.355 e. The predicted octanol–water partition coefficient (Wildman–Crippen LogP) is 3.18. The van der Waals surface area contributed by atoms with E-state index in [4.69, 9.17) is 19.4 Å². The van der Waals surface area contributed by atoms with Crippen LogP contribution in [0.4, 0.5) is 4.79 Å². The van der Waals surface area contributed by atoms with Gasteiger partial charge in [0.05, 0.1) is 81.3 Å². The quantitative estimate of drug-likeness (QED) is 0.0250. The molecule has 13 amide bonds. The average molecular weight is 1650 g/mol. The molecule has 0 spiro atoms. The van der Waals surface area contributed by atoms with Gasteiger partial charge in [-0.2, -0.15) is 0 Å². The van der Waals surface area contributed by atoms with Gasteiger partial charge in [-0.05, 0) is 132 Å². The maximum Gasteiger partial charge on any atom is 0.334 e. The second kappa shape index (κ2) is 50.6. The summed E-state index contributed by atoms with van der Waals surface area (Å²) in [5, 5.41) is 27.4. The summed E-state index contributed by atoms with van der Waals surface area (Å²) in [4.78, 5) is 217. The van der Waals surface area contributed by atoms with Gasteiger partial charge in [0, 0.05) is 139 Å². The van der Waals surface area contributed by atoms with Gasteiger partial charge in [-0.15, -0.1) is 20.3 Å². The van der Waals surface area contributed by atoms with E-state index in [0.717, 1.165) is 71.6 Å². The maximum absolute atomic E-state index is 12.1. The molecule has 0 saturated carbocycles. The summed E-state index contributed by atoms with van der Waals surface area (Å²) in [6.45, 7) is 34.1. The number of rotatable bonds is 35. The molecule has 0 aromatic heterocycles. The van der Waals surface area contributed by atoms with E-state index in [2.05, 4.69) is 149 Å². The van der Waals surface area contributed by atoms with Crippen LogP contribution in [-0.4, -0.2) is 262 Å². The Hall–Kier alpha value is -9.88. The predicted molar refractivity (Wildman–Crippen MR) is 423 cm³/mol. The van der Waals surface area contributed by atoms with Gasteiger partial charge in [0.15, 0.2) is 0 Å². The Morgan fingerprint density at radius 3 is 0.690 bits per heavy atom. The molecule has 8 atom stereocenters. The lowest BCUT2D eigenvalue weighted by molar-refractivity contribution is -0.186. The first kappa shape index (κ1) is 96.7. The number of hydrogen-bond acceptors (Lipinski definition) is 24. The average Bonchev–Trinajstić information content (AvgIpc) is 1.47. The van der Waals surface area contributed by atoms with Gasteiger partial charge in [0.2, 0.25) is 41.4 Å². The summed E-state index contributed by atoms with van der Waals surface area (Å²) in [6, 6.07) is 2.56. The number of piperidine rings is 4. The number of likely N-dealkylation sites (tertiary alicyclic amines) is 4. The molecule has 8 saturated heterocycles. The Morgan fingerprint density at radius 1 is 0.276 bits per heavy atom. The number of amides is 13. The maximum atomic E-state index is 12.1. The Balaban J connectivity index is 0.000000276. The molecule has 8 aliphatic heterocycles. The molecule has 8 aliphatic rings. The minimum absolute atomic E-state index is 0.00613. The van der Waals surface area contributed by atoms with Gasteiger partial charge >= 0.3 is 29.9 Å². The first-order valence-corrected chi connectivity index (χ1v) is 40.9.